The number of ether oxygens (including phenoxy) is 1. The number of hydrogen-bond acceptors (Lipinski definition) is 4. The number of unbranched alkanes of at least 4 members (excludes halogenated alkanes) is 14. The molecule has 0 saturated carbocycles. The van der Waals surface area contributed by atoms with Crippen LogP contribution in [0.5, 0.6) is 0 Å². The van der Waals surface area contributed by atoms with Crippen LogP contribution in [0.4, 0.5) is 0 Å². The number of hydrogen-bond donors (Lipinski definition) is 1. The summed E-state index contributed by atoms with van der Waals surface area (Å²) in [5.41, 5.74) is 0. The second kappa shape index (κ2) is 26.6. The molecule has 0 aliphatic heterocycles. The Bertz CT molecular complexity index is 376. The van der Waals surface area contributed by atoms with Crippen molar-refractivity contribution < 1.29 is 9.53 Å². The average molecular weight is 455 g/mol. The number of esters is 1. The van der Waals surface area contributed by atoms with Crippen LogP contribution in [0.15, 0.2) is 0 Å². The Morgan fingerprint density at radius 1 is 0.625 bits per heavy atom. The van der Waals surface area contributed by atoms with Crippen molar-refractivity contribution in [2.24, 2.45) is 0 Å². The molecule has 0 aromatic carbocycles. The van der Waals surface area contributed by atoms with Crippen LogP contribution in [0.2, 0.25) is 0 Å². The summed E-state index contributed by atoms with van der Waals surface area (Å²) < 4.78 is 5.37. The van der Waals surface area contributed by atoms with E-state index >= 15 is 0 Å². The first kappa shape index (κ1) is 31.4. The quantitative estimate of drug-likeness (QED) is 0.108. The molecule has 0 radical (unpaired) electrons. The molecule has 192 valence electrons. The standard InChI is InChI=1S/C28H58N2O2/c1-4-6-8-10-14-18-24-30(26-21-23-29-3)25-19-15-12-13-17-22-28(31)32-27-20-16-11-9-7-5-2/h29H,4-27H2,1-3H3. The van der Waals surface area contributed by atoms with E-state index in [2.05, 4.69) is 24.1 Å². The fourth-order valence-electron chi connectivity index (χ4n) is 4.21. The molecule has 0 aromatic rings. The normalized spacial score (nSPS) is 11.4. The van der Waals surface area contributed by atoms with Crippen LogP contribution >= 0.6 is 0 Å². The molecular weight excluding hydrogens is 396 g/mol. The van der Waals surface area contributed by atoms with Gasteiger partial charge in [0.15, 0.2) is 0 Å². The first-order valence-electron chi connectivity index (χ1n) is 14.3. The van der Waals surface area contributed by atoms with Crippen LogP contribution in [0, 0.1) is 0 Å². The van der Waals surface area contributed by atoms with Crippen LogP contribution in [0.25, 0.3) is 0 Å². The summed E-state index contributed by atoms with van der Waals surface area (Å²) in [7, 11) is 2.04. The van der Waals surface area contributed by atoms with E-state index in [0.717, 1.165) is 25.8 Å². The van der Waals surface area contributed by atoms with Crippen molar-refractivity contribution in [2.45, 2.75) is 136 Å². The fourth-order valence-corrected chi connectivity index (χ4v) is 4.21. The minimum atomic E-state index is 0.00760. The van der Waals surface area contributed by atoms with E-state index in [1.165, 1.54) is 116 Å². The van der Waals surface area contributed by atoms with E-state index in [1.54, 1.807) is 0 Å². The van der Waals surface area contributed by atoms with Gasteiger partial charge in [0.2, 0.25) is 0 Å². The predicted octanol–water partition coefficient (Wildman–Crippen LogP) is 7.50. The maximum atomic E-state index is 11.8. The molecule has 0 bridgehead atoms. The molecule has 0 spiro atoms. The molecule has 0 aromatic heterocycles. The highest BCUT2D eigenvalue weighted by Crippen LogP contribution is 2.10. The fraction of sp³-hybridized carbons (Fsp3) is 0.964. The van der Waals surface area contributed by atoms with Gasteiger partial charge in [0.25, 0.3) is 0 Å². The van der Waals surface area contributed by atoms with Gasteiger partial charge in [0.05, 0.1) is 6.61 Å². The number of nitrogens with one attached hydrogen (secondary N) is 1. The molecule has 1 N–H and O–H groups in total. The molecule has 32 heavy (non-hydrogen) atoms. The van der Waals surface area contributed by atoms with E-state index in [9.17, 15) is 4.79 Å². The maximum Gasteiger partial charge on any atom is 0.305 e. The number of rotatable bonds is 26. The van der Waals surface area contributed by atoms with Crippen molar-refractivity contribution in [1.29, 1.82) is 0 Å². The molecule has 0 saturated heterocycles. The SMILES string of the molecule is CCCCCCCCOC(=O)CCCCCCCN(CCCCCCCC)CCCNC. The van der Waals surface area contributed by atoms with Gasteiger partial charge in [0.1, 0.15) is 0 Å². The number of nitrogens with zero attached hydrogens (tertiary/aromatic N) is 1. The minimum Gasteiger partial charge on any atom is -0.466 e. The van der Waals surface area contributed by atoms with Crippen molar-refractivity contribution in [3.8, 4) is 0 Å². The first-order valence-corrected chi connectivity index (χ1v) is 14.3. The lowest BCUT2D eigenvalue weighted by molar-refractivity contribution is -0.143. The van der Waals surface area contributed by atoms with Crippen molar-refractivity contribution in [3.05, 3.63) is 0 Å². The molecule has 0 unspecified atom stereocenters. The smallest absolute Gasteiger partial charge is 0.305 e. The molecule has 0 atom stereocenters. The second-order valence-corrected chi connectivity index (χ2v) is 9.57. The monoisotopic (exact) mass is 454 g/mol. The zero-order chi connectivity index (χ0) is 23.5. The molecule has 0 aliphatic rings. The number of carbonyl (C=O) groups excluding carboxylic acids is 1. The molecule has 4 nitrogen and oxygen atoms in total. The Balaban J connectivity index is 3.63. The maximum absolute atomic E-state index is 11.8. The van der Waals surface area contributed by atoms with Gasteiger partial charge in [0, 0.05) is 6.42 Å². The van der Waals surface area contributed by atoms with E-state index in [0.29, 0.717) is 13.0 Å². The zero-order valence-electron chi connectivity index (χ0n) is 22.2. The van der Waals surface area contributed by atoms with Gasteiger partial charge in [-0.1, -0.05) is 97.3 Å². The molecule has 0 rings (SSSR count). The Morgan fingerprint density at radius 3 is 1.66 bits per heavy atom. The predicted molar refractivity (Wildman–Crippen MR) is 140 cm³/mol. The average Bonchev–Trinajstić information content (AvgIpc) is 2.79. The van der Waals surface area contributed by atoms with E-state index in [-0.39, 0.29) is 5.97 Å². The highest BCUT2D eigenvalue weighted by molar-refractivity contribution is 5.69. The third kappa shape index (κ3) is 24.0. The second-order valence-electron chi connectivity index (χ2n) is 9.57. The van der Waals surface area contributed by atoms with Gasteiger partial charge < -0.3 is 15.0 Å². The Morgan fingerprint density at radius 2 is 1.09 bits per heavy atom. The number of carbonyl (C=O) groups is 1. The van der Waals surface area contributed by atoms with Gasteiger partial charge in [-0.3, -0.25) is 4.79 Å². The summed E-state index contributed by atoms with van der Waals surface area (Å²) in [5.74, 6) is 0.00760. The lowest BCUT2D eigenvalue weighted by atomic mass is 10.1. The summed E-state index contributed by atoms with van der Waals surface area (Å²) in [5, 5.41) is 3.27. The van der Waals surface area contributed by atoms with Gasteiger partial charge in [-0.25, -0.2) is 0 Å². The zero-order valence-corrected chi connectivity index (χ0v) is 22.2. The van der Waals surface area contributed by atoms with E-state index < -0.39 is 0 Å². The van der Waals surface area contributed by atoms with Crippen molar-refractivity contribution >= 4 is 5.97 Å². The van der Waals surface area contributed by atoms with Crippen LogP contribution in [-0.2, 0) is 9.53 Å². The summed E-state index contributed by atoms with van der Waals surface area (Å²) >= 11 is 0. The lowest BCUT2D eigenvalue weighted by Gasteiger charge is -2.22. The third-order valence-corrected chi connectivity index (χ3v) is 6.35. The Kier molecular flexibility index (Phi) is 26.1. The van der Waals surface area contributed by atoms with E-state index in [1.807, 2.05) is 7.05 Å². The first-order chi connectivity index (χ1) is 15.7. The highest BCUT2D eigenvalue weighted by Gasteiger charge is 2.06. The summed E-state index contributed by atoms with van der Waals surface area (Å²) in [6.07, 6.45) is 23.5. The molecule has 0 aliphatic carbocycles. The van der Waals surface area contributed by atoms with Gasteiger partial charge in [-0.2, -0.15) is 0 Å². The Labute approximate surface area is 201 Å². The van der Waals surface area contributed by atoms with Crippen molar-refractivity contribution in [1.82, 2.24) is 10.2 Å². The van der Waals surface area contributed by atoms with Crippen LogP contribution in [0.3, 0.4) is 0 Å². The molecule has 4 heteroatoms. The van der Waals surface area contributed by atoms with Gasteiger partial charge in [-0.15, -0.1) is 0 Å². The lowest BCUT2D eigenvalue weighted by Crippen LogP contribution is -2.29. The van der Waals surface area contributed by atoms with Crippen LogP contribution in [-0.4, -0.2) is 50.7 Å². The van der Waals surface area contributed by atoms with Crippen molar-refractivity contribution in [3.63, 3.8) is 0 Å². The summed E-state index contributed by atoms with van der Waals surface area (Å²) in [6.45, 7) is 9.97. The van der Waals surface area contributed by atoms with Gasteiger partial charge >= 0.3 is 5.97 Å². The molecular formula is C28H58N2O2. The van der Waals surface area contributed by atoms with Crippen molar-refractivity contribution in [2.75, 3.05) is 39.8 Å². The summed E-state index contributed by atoms with van der Waals surface area (Å²) in [4.78, 5) is 14.5. The van der Waals surface area contributed by atoms with Crippen LogP contribution < -0.4 is 5.32 Å². The third-order valence-electron chi connectivity index (χ3n) is 6.35. The topological polar surface area (TPSA) is 41.6 Å². The highest BCUT2D eigenvalue weighted by atomic mass is 16.5. The molecule has 0 amide bonds. The minimum absolute atomic E-state index is 0.00760. The van der Waals surface area contributed by atoms with Crippen LogP contribution in [0.1, 0.15) is 136 Å². The Hall–Kier alpha value is -0.610. The molecule has 0 fully saturated rings. The molecule has 0 heterocycles. The largest absolute Gasteiger partial charge is 0.466 e. The van der Waals surface area contributed by atoms with E-state index in [4.69, 9.17) is 4.74 Å². The summed E-state index contributed by atoms with van der Waals surface area (Å²) in [6, 6.07) is 0. The van der Waals surface area contributed by atoms with Gasteiger partial charge in [-0.05, 0) is 65.3 Å².